The first kappa shape index (κ1) is 32.0. The average Bonchev–Trinajstić information content (AvgIpc) is 3.40. The number of amides is 1. The molecule has 0 spiro atoms. The van der Waals surface area contributed by atoms with Crippen LogP contribution in [-0.2, 0) is 32.3 Å². The number of nitrogens with zero attached hydrogens (tertiary/aromatic N) is 4. The lowest BCUT2D eigenvalue weighted by atomic mass is 10.2. The number of hydrogen-bond acceptors (Lipinski definition) is 7. The van der Waals surface area contributed by atoms with Gasteiger partial charge in [-0.25, -0.2) is 8.42 Å². The molecule has 0 aliphatic carbocycles. The summed E-state index contributed by atoms with van der Waals surface area (Å²) in [5.74, 6) is -0.213. The highest BCUT2D eigenvalue weighted by Gasteiger charge is 2.32. The number of nitrogens with one attached hydrogen (secondary N) is 1. The van der Waals surface area contributed by atoms with Gasteiger partial charge in [0.1, 0.15) is 0 Å². The van der Waals surface area contributed by atoms with Crippen LogP contribution >= 0.6 is 23.4 Å². The number of ether oxygens (including phenoxy) is 1. The first-order chi connectivity index (χ1) is 20.9. The molecular formula is C29H27ClF3N5O4S2. The number of rotatable bonds is 9. The second kappa shape index (κ2) is 13.3. The molecule has 1 aromatic heterocycles. The topological polar surface area (TPSA) is 106 Å². The van der Waals surface area contributed by atoms with Crippen molar-refractivity contribution in [2.24, 2.45) is 0 Å². The number of benzene rings is 3. The smallest absolute Gasteiger partial charge is 0.379 e. The Balaban J connectivity index is 1.44. The zero-order valence-electron chi connectivity index (χ0n) is 23.3. The van der Waals surface area contributed by atoms with E-state index >= 15 is 0 Å². The van der Waals surface area contributed by atoms with E-state index in [1.54, 1.807) is 23.6 Å². The summed E-state index contributed by atoms with van der Waals surface area (Å²) < 4.78 is 74.7. The molecule has 15 heteroatoms. The fourth-order valence-electron chi connectivity index (χ4n) is 4.47. The number of anilines is 1. The van der Waals surface area contributed by atoms with E-state index in [4.69, 9.17) is 16.3 Å². The van der Waals surface area contributed by atoms with E-state index in [0.29, 0.717) is 36.3 Å². The van der Waals surface area contributed by atoms with Crippen molar-refractivity contribution in [1.29, 1.82) is 0 Å². The molecule has 0 bridgehead atoms. The molecule has 44 heavy (non-hydrogen) atoms. The first-order valence-corrected chi connectivity index (χ1v) is 16.1. The van der Waals surface area contributed by atoms with Crippen LogP contribution in [0, 0.1) is 0 Å². The molecule has 9 nitrogen and oxygen atoms in total. The molecule has 1 aliphatic rings. The van der Waals surface area contributed by atoms with Gasteiger partial charge in [0.15, 0.2) is 11.0 Å². The van der Waals surface area contributed by atoms with E-state index in [1.165, 1.54) is 16.4 Å². The Kier molecular flexibility index (Phi) is 9.65. The highest BCUT2D eigenvalue weighted by Crippen LogP contribution is 2.35. The minimum Gasteiger partial charge on any atom is -0.379 e. The Morgan fingerprint density at radius 3 is 2.48 bits per heavy atom. The number of carbonyl (C=O) groups is 1. The lowest BCUT2D eigenvalue weighted by Gasteiger charge is -2.26. The number of sulfonamides is 1. The summed E-state index contributed by atoms with van der Waals surface area (Å²) in [6.45, 7) is 3.03. The third-order valence-corrected chi connectivity index (χ3v) is 10.1. The van der Waals surface area contributed by atoms with Gasteiger partial charge < -0.3 is 10.1 Å². The van der Waals surface area contributed by atoms with Crippen LogP contribution in [0.4, 0.5) is 18.9 Å². The van der Waals surface area contributed by atoms with Crippen molar-refractivity contribution in [1.82, 2.24) is 19.1 Å². The number of halogens is 4. The predicted octanol–water partition coefficient (Wildman–Crippen LogP) is 5.81. The van der Waals surface area contributed by atoms with Gasteiger partial charge >= 0.3 is 6.18 Å². The quantitative estimate of drug-likeness (QED) is 0.225. The Hall–Kier alpha value is -3.43. The van der Waals surface area contributed by atoms with Crippen molar-refractivity contribution < 1.29 is 31.1 Å². The monoisotopic (exact) mass is 665 g/mol. The highest BCUT2D eigenvalue weighted by molar-refractivity contribution is 8.00. The summed E-state index contributed by atoms with van der Waals surface area (Å²) in [7, 11) is -3.78. The third-order valence-electron chi connectivity index (χ3n) is 6.80. The molecule has 1 fully saturated rings. The van der Waals surface area contributed by atoms with E-state index in [1.807, 2.05) is 30.3 Å². The van der Waals surface area contributed by atoms with Gasteiger partial charge in [0.2, 0.25) is 15.9 Å². The number of hydrogen-bond donors (Lipinski definition) is 1. The maximum absolute atomic E-state index is 13.3. The summed E-state index contributed by atoms with van der Waals surface area (Å²) in [4.78, 5) is 13.2. The Morgan fingerprint density at radius 2 is 1.77 bits per heavy atom. The second-order valence-electron chi connectivity index (χ2n) is 9.86. The molecular weight excluding hydrogens is 639 g/mol. The molecule has 5 rings (SSSR count). The van der Waals surface area contributed by atoms with Crippen molar-refractivity contribution >= 4 is 45.0 Å². The number of morpholine rings is 1. The number of aromatic nitrogens is 3. The Morgan fingerprint density at radius 1 is 1.05 bits per heavy atom. The second-order valence-corrected chi connectivity index (χ2v) is 13.5. The van der Waals surface area contributed by atoms with Crippen molar-refractivity contribution in [3.05, 3.63) is 88.9 Å². The van der Waals surface area contributed by atoms with E-state index in [0.717, 1.165) is 35.5 Å². The predicted molar refractivity (Wildman–Crippen MR) is 161 cm³/mol. The van der Waals surface area contributed by atoms with Gasteiger partial charge in [0.25, 0.3) is 0 Å². The third kappa shape index (κ3) is 7.26. The highest BCUT2D eigenvalue weighted by atomic mass is 35.5. The zero-order valence-corrected chi connectivity index (χ0v) is 25.7. The van der Waals surface area contributed by atoms with Crippen LogP contribution in [0.5, 0.6) is 0 Å². The van der Waals surface area contributed by atoms with Crippen LogP contribution in [0.3, 0.4) is 0 Å². The van der Waals surface area contributed by atoms with Gasteiger partial charge in [-0.15, -0.1) is 10.2 Å². The number of carbonyl (C=O) groups excluding carboxylic acids is 1. The number of alkyl halides is 3. The van der Waals surface area contributed by atoms with Crippen LogP contribution in [0.1, 0.15) is 18.1 Å². The lowest BCUT2D eigenvalue weighted by Crippen LogP contribution is -2.40. The minimum absolute atomic E-state index is 0.0370. The van der Waals surface area contributed by atoms with Crippen LogP contribution in [0.25, 0.3) is 11.4 Å². The van der Waals surface area contributed by atoms with E-state index in [-0.39, 0.29) is 28.7 Å². The molecule has 4 aromatic rings. The summed E-state index contributed by atoms with van der Waals surface area (Å²) >= 11 is 7.12. The van der Waals surface area contributed by atoms with Crippen LogP contribution in [-0.4, -0.2) is 64.9 Å². The maximum Gasteiger partial charge on any atom is 0.416 e. The first-order valence-electron chi connectivity index (χ1n) is 13.4. The molecule has 232 valence electrons. The molecule has 0 unspecified atom stereocenters. The maximum atomic E-state index is 13.3. The van der Waals surface area contributed by atoms with Crippen LogP contribution in [0.15, 0.2) is 82.8 Å². The zero-order chi connectivity index (χ0) is 31.5. The Labute approximate surface area is 261 Å². The number of thioether (sulfide) groups is 1. The average molecular weight is 666 g/mol. The molecule has 1 saturated heterocycles. The summed E-state index contributed by atoms with van der Waals surface area (Å²) in [5.41, 5.74) is 0.300. The summed E-state index contributed by atoms with van der Waals surface area (Å²) in [5, 5.41) is 10.6. The molecule has 1 atom stereocenters. The molecule has 3 aromatic carbocycles. The molecule has 1 amide bonds. The van der Waals surface area contributed by atoms with Crippen molar-refractivity contribution in [3.63, 3.8) is 0 Å². The normalized spacial score (nSPS) is 15.2. The van der Waals surface area contributed by atoms with E-state index < -0.39 is 32.9 Å². The molecule has 1 aliphatic heterocycles. The summed E-state index contributed by atoms with van der Waals surface area (Å²) in [6, 6.07) is 18.5. The lowest BCUT2D eigenvalue weighted by molar-refractivity contribution is -0.137. The molecule has 0 saturated carbocycles. The van der Waals surface area contributed by atoms with Gasteiger partial charge in [-0.2, -0.15) is 17.5 Å². The van der Waals surface area contributed by atoms with E-state index in [2.05, 4.69) is 15.5 Å². The van der Waals surface area contributed by atoms with Crippen molar-refractivity contribution in [2.45, 2.75) is 34.9 Å². The van der Waals surface area contributed by atoms with E-state index in [9.17, 15) is 26.4 Å². The Bertz CT molecular complexity index is 1750. The largest absolute Gasteiger partial charge is 0.416 e. The standard InChI is InChI=1S/C29H27ClF3N5O4S2/c1-19(27(39)34-25-17-22(29(31,32)33)10-11-24(25)30)43-28-36-35-26(38(28)18-20-6-3-2-4-7-20)21-8-5-9-23(16-21)44(40,41)37-12-14-42-15-13-37/h2-11,16-17,19H,12-15,18H2,1H3,(H,34,39)/t19-/m0/s1. The SMILES string of the molecule is C[C@H](Sc1nnc(-c2cccc(S(=O)(=O)N3CCOCC3)c2)n1Cc1ccccc1)C(=O)Nc1cc(C(F)(F)F)ccc1Cl. The molecule has 0 radical (unpaired) electrons. The van der Waals surface area contributed by atoms with Crippen LogP contribution < -0.4 is 5.32 Å². The van der Waals surface area contributed by atoms with Gasteiger partial charge in [-0.05, 0) is 42.8 Å². The minimum atomic E-state index is -4.60. The molecule has 2 heterocycles. The fraction of sp³-hybridized carbons (Fsp3) is 0.276. The van der Waals surface area contributed by atoms with Gasteiger partial charge in [-0.1, -0.05) is 65.8 Å². The van der Waals surface area contributed by atoms with Gasteiger partial charge in [0, 0.05) is 18.7 Å². The van der Waals surface area contributed by atoms with Crippen molar-refractivity contribution in [2.75, 3.05) is 31.6 Å². The summed E-state index contributed by atoms with van der Waals surface area (Å²) in [6.07, 6.45) is -4.60. The van der Waals surface area contributed by atoms with Gasteiger partial charge in [0.05, 0.1) is 46.2 Å². The molecule has 1 N–H and O–H groups in total. The van der Waals surface area contributed by atoms with Gasteiger partial charge in [-0.3, -0.25) is 9.36 Å². The van der Waals surface area contributed by atoms with Crippen molar-refractivity contribution in [3.8, 4) is 11.4 Å². The fourth-order valence-corrected chi connectivity index (χ4v) is 6.94. The van der Waals surface area contributed by atoms with Crippen LogP contribution in [0.2, 0.25) is 5.02 Å².